The molecule has 22 heavy (non-hydrogen) atoms. The summed E-state index contributed by atoms with van der Waals surface area (Å²) in [6, 6.07) is 4.39. The summed E-state index contributed by atoms with van der Waals surface area (Å²) in [5, 5.41) is 10.5. The van der Waals surface area contributed by atoms with Crippen molar-refractivity contribution in [3.05, 3.63) is 34.2 Å². The summed E-state index contributed by atoms with van der Waals surface area (Å²) in [7, 11) is 2.09. The Bertz CT molecular complexity index is 695. The average molecular weight is 316 g/mol. The third-order valence-electron chi connectivity index (χ3n) is 4.69. The topological polar surface area (TPSA) is 39.1 Å². The summed E-state index contributed by atoms with van der Waals surface area (Å²) in [6.45, 7) is 5.16. The second kappa shape index (κ2) is 5.43. The molecule has 5 nitrogen and oxygen atoms in total. The Morgan fingerprint density at radius 1 is 1.27 bits per heavy atom. The van der Waals surface area contributed by atoms with E-state index in [1.165, 1.54) is 23.5 Å². The van der Waals surface area contributed by atoms with Crippen LogP contribution >= 0.6 is 11.3 Å². The molecular formula is C16H22N5S+. The highest BCUT2D eigenvalue weighted by molar-refractivity contribution is 7.10. The molecule has 0 amide bonds. The predicted molar refractivity (Wildman–Crippen MR) is 88.6 cm³/mol. The molecule has 0 aromatic carbocycles. The smallest absolute Gasteiger partial charge is 0.197 e. The summed E-state index contributed by atoms with van der Waals surface area (Å²) in [4.78, 5) is 5.97. The standard InChI is InChI=1S/C16H22N5S/c1-18-7-4-15-20(8-9-21(15)18)11-14-10-13(12-22-14)16(17)19-5-2-3-6-19/h4,7,10,12,17H,2-3,5-6,8-9,11H2,1H3/q+1. The van der Waals surface area contributed by atoms with Crippen molar-refractivity contribution < 1.29 is 4.68 Å². The molecule has 4 rings (SSSR count). The van der Waals surface area contributed by atoms with Gasteiger partial charge in [0.1, 0.15) is 5.84 Å². The van der Waals surface area contributed by atoms with Gasteiger partial charge in [0.25, 0.3) is 0 Å². The molecule has 2 aromatic rings. The molecule has 1 N–H and O–H groups in total. The van der Waals surface area contributed by atoms with Crippen LogP contribution < -0.4 is 9.58 Å². The van der Waals surface area contributed by atoms with Gasteiger partial charge in [0, 0.05) is 35.5 Å². The summed E-state index contributed by atoms with van der Waals surface area (Å²) >= 11 is 1.78. The predicted octanol–water partition coefficient (Wildman–Crippen LogP) is 1.82. The normalized spacial score (nSPS) is 17.3. The third kappa shape index (κ3) is 2.31. The summed E-state index contributed by atoms with van der Waals surface area (Å²) in [5.41, 5.74) is 1.09. The minimum absolute atomic E-state index is 0.705. The number of rotatable bonds is 3. The Hall–Kier alpha value is -1.82. The zero-order valence-corrected chi connectivity index (χ0v) is 13.8. The van der Waals surface area contributed by atoms with Crippen LogP contribution in [0.25, 0.3) is 0 Å². The molecule has 0 aliphatic carbocycles. The van der Waals surface area contributed by atoms with E-state index in [-0.39, 0.29) is 0 Å². The first-order chi connectivity index (χ1) is 10.7. The monoisotopic (exact) mass is 316 g/mol. The minimum atomic E-state index is 0.705. The van der Waals surface area contributed by atoms with Crippen LogP contribution in [0.5, 0.6) is 0 Å². The zero-order valence-electron chi connectivity index (χ0n) is 13.0. The first-order valence-corrected chi connectivity index (χ1v) is 8.82. The molecule has 2 aromatic heterocycles. The van der Waals surface area contributed by atoms with Crippen molar-refractivity contribution in [2.24, 2.45) is 7.05 Å². The lowest BCUT2D eigenvalue weighted by atomic mass is 10.2. The lowest BCUT2D eigenvalue weighted by molar-refractivity contribution is -0.751. The van der Waals surface area contributed by atoms with Crippen molar-refractivity contribution >= 4 is 23.0 Å². The van der Waals surface area contributed by atoms with Gasteiger partial charge < -0.3 is 9.80 Å². The first kappa shape index (κ1) is 13.8. The molecule has 0 bridgehead atoms. The Balaban J connectivity index is 1.47. The Morgan fingerprint density at radius 3 is 2.91 bits per heavy atom. The van der Waals surface area contributed by atoms with Crippen LogP contribution in [0.2, 0.25) is 0 Å². The number of aromatic nitrogens is 2. The van der Waals surface area contributed by atoms with Crippen molar-refractivity contribution in [1.29, 1.82) is 5.41 Å². The Morgan fingerprint density at radius 2 is 2.09 bits per heavy atom. The summed E-state index contributed by atoms with van der Waals surface area (Å²) in [5.74, 6) is 2.00. The molecular weight excluding hydrogens is 294 g/mol. The highest BCUT2D eigenvalue weighted by atomic mass is 32.1. The van der Waals surface area contributed by atoms with E-state index in [2.05, 4.69) is 49.9 Å². The van der Waals surface area contributed by atoms with Crippen LogP contribution in [-0.2, 0) is 20.1 Å². The lowest BCUT2D eigenvalue weighted by Gasteiger charge is -2.17. The number of nitrogens with one attached hydrogen (secondary N) is 1. The lowest BCUT2D eigenvalue weighted by Crippen LogP contribution is -2.37. The molecule has 0 saturated carbocycles. The number of aryl methyl sites for hydroxylation is 1. The molecule has 1 saturated heterocycles. The maximum absolute atomic E-state index is 8.36. The number of fused-ring (bicyclic) bond motifs is 1. The molecule has 116 valence electrons. The summed E-state index contributed by atoms with van der Waals surface area (Å²) < 4.78 is 4.46. The molecule has 0 unspecified atom stereocenters. The van der Waals surface area contributed by atoms with E-state index in [9.17, 15) is 0 Å². The van der Waals surface area contributed by atoms with Crippen molar-refractivity contribution in [3.8, 4) is 0 Å². The fraction of sp³-hybridized carbons (Fsp3) is 0.500. The number of nitrogens with zero attached hydrogens (tertiary/aromatic N) is 4. The van der Waals surface area contributed by atoms with Gasteiger partial charge in [-0.3, -0.25) is 5.41 Å². The quantitative estimate of drug-likeness (QED) is 0.533. The van der Waals surface area contributed by atoms with Gasteiger partial charge in [-0.25, -0.2) is 0 Å². The molecule has 2 aliphatic heterocycles. The van der Waals surface area contributed by atoms with E-state index in [4.69, 9.17) is 5.41 Å². The molecule has 6 heteroatoms. The van der Waals surface area contributed by atoms with Crippen LogP contribution in [0, 0.1) is 5.41 Å². The van der Waals surface area contributed by atoms with Crippen molar-refractivity contribution in [2.45, 2.75) is 25.9 Å². The van der Waals surface area contributed by atoms with Crippen molar-refractivity contribution in [2.75, 3.05) is 24.5 Å². The second-order valence-electron chi connectivity index (χ2n) is 6.14. The molecule has 1 fully saturated rings. The van der Waals surface area contributed by atoms with Gasteiger partial charge in [-0.15, -0.1) is 20.7 Å². The largest absolute Gasteiger partial charge is 0.357 e. The van der Waals surface area contributed by atoms with Gasteiger partial charge in [0.2, 0.25) is 0 Å². The van der Waals surface area contributed by atoms with E-state index in [1.54, 1.807) is 11.3 Å². The number of hydrogen-bond donors (Lipinski definition) is 1. The van der Waals surface area contributed by atoms with Gasteiger partial charge in [0.05, 0.1) is 19.2 Å². The Labute approximate surface area is 134 Å². The number of anilines is 1. The van der Waals surface area contributed by atoms with Crippen LogP contribution in [0.4, 0.5) is 5.82 Å². The van der Waals surface area contributed by atoms with E-state index in [0.717, 1.165) is 38.3 Å². The average Bonchev–Trinajstić information content (AvgIpc) is 3.27. The highest BCUT2D eigenvalue weighted by Gasteiger charge is 2.25. The number of thiophene rings is 1. The van der Waals surface area contributed by atoms with Gasteiger partial charge >= 0.3 is 0 Å². The molecule has 2 aliphatic rings. The fourth-order valence-electron chi connectivity index (χ4n) is 3.43. The van der Waals surface area contributed by atoms with Crippen LogP contribution in [-0.4, -0.2) is 35.1 Å². The fourth-order valence-corrected chi connectivity index (χ4v) is 4.32. The maximum atomic E-state index is 8.36. The maximum Gasteiger partial charge on any atom is 0.197 e. The number of hydrogen-bond acceptors (Lipinski definition) is 3. The number of likely N-dealkylation sites (tertiary alicyclic amines) is 1. The van der Waals surface area contributed by atoms with Crippen LogP contribution in [0.15, 0.2) is 23.7 Å². The van der Waals surface area contributed by atoms with E-state index >= 15 is 0 Å². The second-order valence-corrected chi connectivity index (χ2v) is 7.13. The number of amidine groups is 1. The van der Waals surface area contributed by atoms with Crippen molar-refractivity contribution in [3.63, 3.8) is 0 Å². The molecule has 4 heterocycles. The van der Waals surface area contributed by atoms with E-state index < -0.39 is 0 Å². The van der Waals surface area contributed by atoms with Crippen LogP contribution in [0.3, 0.4) is 0 Å². The van der Waals surface area contributed by atoms with Gasteiger partial charge in [0.15, 0.2) is 19.1 Å². The van der Waals surface area contributed by atoms with Crippen LogP contribution in [0.1, 0.15) is 23.3 Å². The SMILES string of the molecule is C[n+]1ccc2n1CCN2Cc1cc(C(=N)N2CCCC2)cs1. The van der Waals surface area contributed by atoms with Crippen molar-refractivity contribution in [1.82, 2.24) is 9.58 Å². The van der Waals surface area contributed by atoms with E-state index in [1.807, 2.05) is 0 Å². The molecule has 0 atom stereocenters. The minimum Gasteiger partial charge on any atom is -0.357 e. The third-order valence-corrected chi connectivity index (χ3v) is 5.61. The summed E-state index contributed by atoms with van der Waals surface area (Å²) in [6.07, 6.45) is 4.56. The van der Waals surface area contributed by atoms with Gasteiger partial charge in [-0.2, -0.15) is 0 Å². The first-order valence-electron chi connectivity index (χ1n) is 7.94. The Kier molecular flexibility index (Phi) is 3.41. The zero-order chi connectivity index (χ0) is 15.1. The van der Waals surface area contributed by atoms with E-state index in [0.29, 0.717) is 5.84 Å². The van der Waals surface area contributed by atoms with Gasteiger partial charge in [-0.1, -0.05) is 0 Å². The molecule has 0 radical (unpaired) electrons. The van der Waals surface area contributed by atoms with Gasteiger partial charge in [-0.05, 0) is 18.9 Å². The molecule has 0 spiro atoms. The highest BCUT2D eigenvalue weighted by Crippen LogP contribution is 2.25.